The summed E-state index contributed by atoms with van der Waals surface area (Å²) in [5, 5.41) is 3.17. The van der Waals surface area contributed by atoms with Crippen LogP contribution in [-0.4, -0.2) is 42.2 Å². The molecule has 27 heavy (non-hydrogen) atoms. The van der Waals surface area contributed by atoms with E-state index in [2.05, 4.69) is 12.2 Å². The lowest BCUT2D eigenvalue weighted by Gasteiger charge is -2.45. The molecule has 152 valence electrons. The summed E-state index contributed by atoms with van der Waals surface area (Å²) in [6.45, 7) is 9.67. The first-order valence-corrected chi connectivity index (χ1v) is 9.76. The number of rotatable bonds is 7. The molecule has 1 N–H and O–H groups in total. The number of hydrogen-bond donors (Lipinski definition) is 1. The minimum atomic E-state index is -0.279. The molecule has 0 aromatic heterocycles. The first-order chi connectivity index (χ1) is 12.4. The summed E-state index contributed by atoms with van der Waals surface area (Å²) < 4.78 is 5.97. The highest BCUT2D eigenvalue weighted by Gasteiger charge is 2.44. The van der Waals surface area contributed by atoms with Gasteiger partial charge < -0.3 is 27.0 Å². The maximum Gasteiger partial charge on any atom is 0.306 e. The average Bonchev–Trinajstić information content (AvgIpc) is 2.61. The molecule has 2 unspecified atom stereocenters. The minimum Gasteiger partial charge on any atom is -1.00 e. The van der Waals surface area contributed by atoms with Gasteiger partial charge in [-0.1, -0.05) is 31.5 Å². The highest BCUT2D eigenvalue weighted by Crippen LogP contribution is 2.29. The molecule has 1 fully saturated rings. The maximum absolute atomic E-state index is 13.2. The number of benzene rings is 1. The molecule has 5 nitrogen and oxygen atoms in total. The zero-order valence-electron chi connectivity index (χ0n) is 17.0. The van der Waals surface area contributed by atoms with Gasteiger partial charge in [0.05, 0.1) is 13.1 Å². The number of quaternary nitrogens is 1. The molecule has 1 aliphatic heterocycles. The monoisotopic (exact) mass is 440 g/mol. The Labute approximate surface area is 173 Å². The maximum atomic E-state index is 13.2. The zero-order chi connectivity index (χ0) is 19.2. The summed E-state index contributed by atoms with van der Waals surface area (Å²) in [7, 11) is 0. The van der Waals surface area contributed by atoms with E-state index in [1.165, 1.54) is 6.92 Å². The molecule has 0 spiro atoms. The molecular formula is C21H33BrN2O3. The number of carbonyl (C=O) groups excluding carboxylic acids is 2. The third-order valence-electron chi connectivity index (χ3n) is 5.51. The van der Waals surface area contributed by atoms with E-state index >= 15 is 0 Å². The Morgan fingerprint density at radius 1 is 1.22 bits per heavy atom. The van der Waals surface area contributed by atoms with Crippen LogP contribution in [0.2, 0.25) is 0 Å². The lowest BCUT2D eigenvalue weighted by atomic mass is 9.96. The van der Waals surface area contributed by atoms with Crippen LogP contribution in [0.3, 0.4) is 0 Å². The molecule has 2 rings (SSSR count). The van der Waals surface area contributed by atoms with Gasteiger partial charge in [0.2, 0.25) is 6.73 Å². The van der Waals surface area contributed by atoms with Gasteiger partial charge in [0.1, 0.15) is 0 Å². The molecule has 0 saturated carbocycles. The van der Waals surface area contributed by atoms with Gasteiger partial charge in [0.25, 0.3) is 5.91 Å². The number of likely N-dealkylation sites (tertiary alicyclic amines) is 1. The molecule has 1 aliphatic rings. The average molecular weight is 441 g/mol. The smallest absolute Gasteiger partial charge is 0.306 e. The van der Waals surface area contributed by atoms with Crippen LogP contribution in [0, 0.1) is 13.8 Å². The van der Waals surface area contributed by atoms with Crippen molar-refractivity contribution < 1.29 is 35.8 Å². The predicted molar refractivity (Wildman–Crippen MR) is 104 cm³/mol. The SMILES string of the molecule is CCCC[N+]1(COC(C)=O)CCCCC1C(=O)Nc1c(C)cccc1C.[Br-]. The number of halogens is 1. The van der Waals surface area contributed by atoms with Crippen molar-refractivity contribution in [3.05, 3.63) is 29.3 Å². The normalized spacial score (nSPS) is 21.9. The van der Waals surface area contributed by atoms with Crippen molar-refractivity contribution in [2.75, 3.05) is 25.1 Å². The van der Waals surface area contributed by atoms with E-state index in [0.29, 0.717) is 11.2 Å². The minimum absolute atomic E-state index is 0. The van der Waals surface area contributed by atoms with E-state index in [9.17, 15) is 9.59 Å². The molecule has 0 aliphatic carbocycles. The molecule has 1 amide bonds. The fourth-order valence-corrected chi connectivity index (χ4v) is 3.97. The van der Waals surface area contributed by atoms with E-state index in [0.717, 1.165) is 62.0 Å². The van der Waals surface area contributed by atoms with Gasteiger partial charge in [0, 0.05) is 19.0 Å². The van der Waals surface area contributed by atoms with E-state index in [-0.39, 0.29) is 34.9 Å². The summed E-state index contributed by atoms with van der Waals surface area (Å²) in [5.41, 5.74) is 3.05. The lowest BCUT2D eigenvalue weighted by Crippen LogP contribution is -3.00. The number of nitrogens with zero attached hydrogens (tertiary/aromatic N) is 1. The number of para-hydroxylation sites is 1. The number of carbonyl (C=O) groups is 2. The van der Waals surface area contributed by atoms with Crippen LogP contribution in [0.15, 0.2) is 18.2 Å². The molecular weight excluding hydrogens is 408 g/mol. The molecule has 1 saturated heterocycles. The van der Waals surface area contributed by atoms with Crippen molar-refractivity contribution in [2.24, 2.45) is 0 Å². The van der Waals surface area contributed by atoms with Gasteiger partial charge in [0.15, 0.2) is 6.04 Å². The second kappa shape index (κ2) is 10.8. The van der Waals surface area contributed by atoms with Gasteiger partial charge >= 0.3 is 5.97 Å². The number of unbranched alkanes of at least 4 members (excludes halogenated alkanes) is 1. The van der Waals surface area contributed by atoms with Crippen LogP contribution < -0.4 is 22.3 Å². The Balaban J connectivity index is 0.00000364. The Hall–Kier alpha value is -1.40. The third kappa shape index (κ3) is 6.04. The van der Waals surface area contributed by atoms with Crippen molar-refractivity contribution in [3.8, 4) is 0 Å². The number of aryl methyl sites for hydroxylation is 2. The van der Waals surface area contributed by atoms with Crippen molar-refractivity contribution in [2.45, 2.75) is 65.8 Å². The Kier molecular flexibility index (Phi) is 9.47. The van der Waals surface area contributed by atoms with Crippen molar-refractivity contribution in [1.82, 2.24) is 0 Å². The first-order valence-electron chi connectivity index (χ1n) is 9.76. The van der Waals surface area contributed by atoms with E-state index in [4.69, 9.17) is 4.74 Å². The van der Waals surface area contributed by atoms with Crippen LogP contribution in [0.4, 0.5) is 5.69 Å². The molecule has 0 radical (unpaired) electrons. The number of amides is 1. The Bertz CT molecular complexity index is 630. The van der Waals surface area contributed by atoms with E-state index in [1.54, 1.807) is 0 Å². The fraction of sp³-hybridized carbons (Fsp3) is 0.619. The van der Waals surface area contributed by atoms with Gasteiger partial charge in [-0.3, -0.25) is 14.1 Å². The third-order valence-corrected chi connectivity index (χ3v) is 5.51. The van der Waals surface area contributed by atoms with Crippen LogP contribution in [0.25, 0.3) is 0 Å². The van der Waals surface area contributed by atoms with Crippen molar-refractivity contribution in [3.63, 3.8) is 0 Å². The molecule has 6 heteroatoms. The highest BCUT2D eigenvalue weighted by molar-refractivity contribution is 5.95. The molecule has 0 bridgehead atoms. The molecule has 2 atom stereocenters. The second-order valence-electron chi connectivity index (χ2n) is 7.55. The van der Waals surface area contributed by atoms with Gasteiger partial charge in [-0.15, -0.1) is 0 Å². The number of ether oxygens (including phenoxy) is 1. The van der Waals surface area contributed by atoms with Gasteiger partial charge in [-0.05, 0) is 44.2 Å². The molecule has 1 heterocycles. The Morgan fingerprint density at radius 3 is 2.48 bits per heavy atom. The first kappa shape index (κ1) is 23.6. The highest BCUT2D eigenvalue weighted by atomic mass is 79.9. The number of nitrogens with one attached hydrogen (secondary N) is 1. The molecule has 1 aromatic carbocycles. The van der Waals surface area contributed by atoms with E-state index in [1.807, 2.05) is 32.0 Å². The summed E-state index contributed by atoms with van der Waals surface area (Å²) in [5.74, 6) is -0.233. The standard InChI is InChI=1S/C21H32N2O3.BrH/c1-5-6-13-23(15-26-18(4)24)14-8-7-12-19(23)21(25)22-20-16(2)10-9-11-17(20)3;/h9-11,19H,5-8,12-15H2,1-4H3;1H. The summed E-state index contributed by atoms with van der Waals surface area (Å²) in [4.78, 5) is 24.7. The van der Waals surface area contributed by atoms with Gasteiger partial charge in [-0.2, -0.15) is 0 Å². The number of hydrogen-bond acceptors (Lipinski definition) is 3. The van der Waals surface area contributed by atoms with Crippen LogP contribution in [0.5, 0.6) is 0 Å². The number of anilines is 1. The number of esters is 1. The number of piperidine rings is 1. The van der Waals surface area contributed by atoms with Crippen LogP contribution in [0.1, 0.15) is 57.1 Å². The summed E-state index contributed by atoms with van der Waals surface area (Å²) in [6.07, 6.45) is 5.02. The van der Waals surface area contributed by atoms with Crippen molar-refractivity contribution >= 4 is 17.6 Å². The van der Waals surface area contributed by atoms with Crippen LogP contribution in [-0.2, 0) is 14.3 Å². The zero-order valence-corrected chi connectivity index (χ0v) is 18.6. The largest absolute Gasteiger partial charge is 1.00 e. The summed E-state index contributed by atoms with van der Waals surface area (Å²) >= 11 is 0. The summed E-state index contributed by atoms with van der Waals surface area (Å²) in [6, 6.07) is 5.86. The molecule has 1 aromatic rings. The topological polar surface area (TPSA) is 55.4 Å². The lowest BCUT2D eigenvalue weighted by molar-refractivity contribution is -0.962. The quantitative estimate of drug-likeness (QED) is 0.506. The van der Waals surface area contributed by atoms with E-state index < -0.39 is 0 Å². The van der Waals surface area contributed by atoms with Crippen molar-refractivity contribution in [1.29, 1.82) is 0 Å². The Morgan fingerprint density at radius 2 is 1.89 bits per heavy atom. The van der Waals surface area contributed by atoms with Gasteiger partial charge in [-0.25, -0.2) is 0 Å². The predicted octanol–water partition coefficient (Wildman–Crippen LogP) is 0.936. The van der Waals surface area contributed by atoms with Crippen LogP contribution >= 0.6 is 0 Å². The second-order valence-corrected chi connectivity index (χ2v) is 7.55. The fourth-order valence-electron chi connectivity index (χ4n) is 3.97.